The molecule has 0 aliphatic heterocycles. The predicted octanol–water partition coefficient (Wildman–Crippen LogP) is 1.72. The van der Waals surface area contributed by atoms with E-state index in [4.69, 9.17) is 5.26 Å². The maximum absolute atomic E-state index is 9.22. The lowest BCUT2D eigenvalue weighted by Crippen LogP contribution is -2.01. The van der Waals surface area contributed by atoms with Gasteiger partial charge in [-0.25, -0.2) is 4.68 Å². The fourth-order valence-corrected chi connectivity index (χ4v) is 1.98. The first-order valence-electron chi connectivity index (χ1n) is 4.92. The largest absolute Gasteiger partial charge is 0.390 e. The zero-order valence-corrected chi connectivity index (χ0v) is 10.4. The van der Waals surface area contributed by atoms with Crippen LogP contribution in [0.3, 0.4) is 0 Å². The van der Waals surface area contributed by atoms with Crippen molar-refractivity contribution in [3.8, 4) is 17.3 Å². The molecule has 17 heavy (non-hydrogen) atoms. The topological polar surface area (TPSA) is 74.7 Å². The third kappa shape index (κ3) is 2.35. The molecule has 0 bridgehead atoms. The van der Waals surface area contributed by atoms with Crippen molar-refractivity contribution in [1.29, 1.82) is 5.26 Å². The molecule has 0 atom stereocenters. The molecule has 0 saturated heterocycles. The normalized spacial score (nSPS) is 10.2. The first-order chi connectivity index (χ1) is 8.26. The van der Waals surface area contributed by atoms with E-state index in [0.717, 1.165) is 10.0 Å². The minimum Gasteiger partial charge on any atom is -0.390 e. The first-order valence-corrected chi connectivity index (χ1v) is 5.71. The molecule has 0 amide bonds. The van der Waals surface area contributed by atoms with Gasteiger partial charge in [-0.05, 0) is 12.1 Å². The monoisotopic (exact) mass is 292 g/mol. The number of aliphatic hydroxyl groups excluding tert-OH is 1. The smallest absolute Gasteiger partial charge is 0.130 e. The highest BCUT2D eigenvalue weighted by Gasteiger charge is 2.14. The summed E-state index contributed by atoms with van der Waals surface area (Å²) in [5.74, 6) is 0. The van der Waals surface area contributed by atoms with E-state index in [9.17, 15) is 5.11 Å². The molecule has 2 rings (SSSR count). The molecule has 1 aromatic carbocycles. The number of rotatable bonds is 3. The Balaban J connectivity index is 2.56. The molecule has 2 aromatic rings. The van der Waals surface area contributed by atoms with Crippen LogP contribution in [-0.4, -0.2) is 20.1 Å². The van der Waals surface area contributed by atoms with E-state index in [1.54, 1.807) is 0 Å². The summed E-state index contributed by atoms with van der Waals surface area (Å²) in [6.45, 7) is -0.0951. The van der Waals surface area contributed by atoms with Crippen LogP contribution in [0.4, 0.5) is 0 Å². The summed E-state index contributed by atoms with van der Waals surface area (Å²) < 4.78 is 2.40. The third-order valence-electron chi connectivity index (χ3n) is 2.27. The quantitative estimate of drug-likeness (QED) is 0.935. The van der Waals surface area contributed by atoms with E-state index < -0.39 is 0 Å². The molecule has 0 aliphatic carbocycles. The SMILES string of the molecule is N#CCn1nnc(CO)c1-c1cccc(Br)c1. The average molecular weight is 293 g/mol. The first kappa shape index (κ1) is 11.8. The van der Waals surface area contributed by atoms with Crippen molar-refractivity contribution >= 4 is 15.9 Å². The van der Waals surface area contributed by atoms with Gasteiger partial charge in [-0.3, -0.25) is 0 Å². The Hall–Kier alpha value is -1.71. The molecule has 0 unspecified atom stereocenters. The molecular formula is C11H9BrN4O. The molecule has 0 fully saturated rings. The third-order valence-corrected chi connectivity index (χ3v) is 2.77. The Labute approximate surface area is 106 Å². The molecule has 1 aromatic heterocycles. The number of nitrogens with zero attached hydrogens (tertiary/aromatic N) is 4. The highest BCUT2D eigenvalue weighted by molar-refractivity contribution is 9.10. The Morgan fingerprint density at radius 3 is 2.94 bits per heavy atom. The number of hydrogen-bond acceptors (Lipinski definition) is 4. The Bertz CT molecular complexity index is 573. The zero-order chi connectivity index (χ0) is 12.3. The van der Waals surface area contributed by atoms with Gasteiger partial charge in [-0.2, -0.15) is 5.26 Å². The number of aromatic nitrogens is 3. The van der Waals surface area contributed by atoms with Crippen molar-refractivity contribution < 1.29 is 5.11 Å². The summed E-state index contributed by atoms with van der Waals surface area (Å²) in [5.41, 5.74) is 2.01. The fourth-order valence-electron chi connectivity index (χ4n) is 1.58. The van der Waals surface area contributed by atoms with Gasteiger partial charge < -0.3 is 5.11 Å². The lowest BCUT2D eigenvalue weighted by Gasteiger charge is -2.04. The average Bonchev–Trinajstić information content (AvgIpc) is 2.72. The Morgan fingerprint density at radius 1 is 1.47 bits per heavy atom. The van der Waals surface area contributed by atoms with Crippen LogP contribution >= 0.6 is 15.9 Å². The molecular weight excluding hydrogens is 284 g/mol. The van der Waals surface area contributed by atoms with Gasteiger partial charge in [-0.1, -0.05) is 33.3 Å². The van der Waals surface area contributed by atoms with Crippen LogP contribution in [0.2, 0.25) is 0 Å². The number of aliphatic hydroxyl groups is 1. The Kier molecular flexibility index (Phi) is 3.52. The van der Waals surface area contributed by atoms with Crippen LogP contribution in [0.1, 0.15) is 5.69 Å². The molecule has 1 heterocycles. The van der Waals surface area contributed by atoms with E-state index in [-0.39, 0.29) is 13.2 Å². The van der Waals surface area contributed by atoms with Gasteiger partial charge in [-0.15, -0.1) is 5.10 Å². The van der Waals surface area contributed by atoms with Gasteiger partial charge >= 0.3 is 0 Å². The molecule has 5 nitrogen and oxygen atoms in total. The van der Waals surface area contributed by atoms with E-state index >= 15 is 0 Å². The summed E-state index contributed by atoms with van der Waals surface area (Å²) in [7, 11) is 0. The molecule has 0 saturated carbocycles. The highest BCUT2D eigenvalue weighted by Crippen LogP contribution is 2.25. The summed E-state index contributed by atoms with van der Waals surface area (Å²) in [5, 5.41) is 25.6. The standard InChI is InChI=1S/C11H9BrN4O/c12-9-3-1-2-8(6-9)11-10(7-17)14-15-16(11)5-4-13/h1-3,6,17H,5,7H2. The highest BCUT2D eigenvalue weighted by atomic mass is 79.9. The van der Waals surface area contributed by atoms with Crippen molar-refractivity contribution in [3.63, 3.8) is 0 Å². The molecule has 0 aliphatic rings. The van der Waals surface area contributed by atoms with Gasteiger partial charge in [0.05, 0.1) is 18.4 Å². The summed E-state index contributed by atoms with van der Waals surface area (Å²) in [6, 6.07) is 9.58. The van der Waals surface area contributed by atoms with Crippen molar-refractivity contribution in [2.75, 3.05) is 0 Å². The van der Waals surface area contributed by atoms with Crippen LogP contribution in [0.25, 0.3) is 11.3 Å². The zero-order valence-electron chi connectivity index (χ0n) is 8.84. The molecule has 0 spiro atoms. The van der Waals surface area contributed by atoms with Crippen LogP contribution in [0.5, 0.6) is 0 Å². The fraction of sp³-hybridized carbons (Fsp3) is 0.182. The van der Waals surface area contributed by atoms with Crippen LogP contribution in [0, 0.1) is 11.3 Å². The maximum atomic E-state index is 9.22. The number of hydrogen-bond donors (Lipinski definition) is 1. The van der Waals surface area contributed by atoms with E-state index in [0.29, 0.717) is 11.4 Å². The maximum Gasteiger partial charge on any atom is 0.130 e. The minimum atomic E-state index is -0.201. The van der Waals surface area contributed by atoms with Gasteiger partial charge in [0.15, 0.2) is 0 Å². The van der Waals surface area contributed by atoms with E-state index in [1.807, 2.05) is 30.3 Å². The summed E-state index contributed by atoms with van der Waals surface area (Å²) in [6.07, 6.45) is 0. The number of benzene rings is 1. The van der Waals surface area contributed by atoms with Crippen molar-refractivity contribution in [3.05, 3.63) is 34.4 Å². The Morgan fingerprint density at radius 2 is 2.29 bits per heavy atom. The van der Waals surface area contributed by atoms with Crippen molar-refractivity contribution in [1.82, 2.24) is 15.0 Å². The second-order valence-electron chi connectivity index (χ2n) is 3.37. The van der Waals surface area contributed by atoms with Gasteiger partial charge in [0.2, 0.25) is 0 Å². The van der Waals surface area contributed by atoms with Crippen LogP contribution in [-0.2, 0) is 13.2 Å². The van der Waals surface area contributed by atoms with Crippen LogP contribution < -0.4 is 0 Å². The molecule has 6 heteroatoms. The minimum absolute atomic E-state index is 0.106. The number of halogens is 1. The van der Waals surface area contributed by atoms with Gasteiger partial charge in [0.1, 0.15) is 12.2 Å². The molecule has 0 radical (unpaired) electrons. The van der Waals surface area contributed by atoms with Gasteiger partial charge in [0.25, 0.3) is 0 Å². The van der Waals surface area contributed by atoms with E-state index in [1.165, 1.54) is 4.68 Å². The van der Waals surface area contributed by atoms with Crippen LogP contribution in [0.15, 0.2) is 28.7 Å². The second kappa shape index (κ2) is 5.08. The number of nitriles is 1. The van der Waals surface area contributed by atoms with Crippen molar-refractivity contribution in [2.24, 2.45) is 0 Å². The lowest BCUT2D eigenvalue weighted by atomic mass is 10.1. The molecule has 86 valence electrons. The predicted molar refractivity (Wildman–Crippen MR) is 64.7 cm³/mol. The lowest BCUT2D eigenvalue weighted by molar-refractivity contribution is 0.277. The summed E-state index contributed by atoms with van der Waals surface area (Å²) in [4.78, 5) is 0. The summed E-state index contributed by atoms with van der Waals surface area (Å²) >= 11 is 3.38. The second-order valence-corrected chi connectivity index (χ2v) is 4.28. The van der Waals surface area contributed by atoms with Gasteiger partial charge in [0, 0.05) is 10.0 Å². The van der Waals surface area contributed by atoms with E-state index in [2.05, 4.69) is 26.2 Å². The van der Waals surface area contributed by atoms with Crippen molar-refractivity contribution in [2.45, 2.75) is 13.2 Å². The molecule has 1 N–H and O–H groups in total.